The molecule has 3 rings (SSSR count). The maximum absolute atomic E-state index is 12.8. The Hall–Kier alpha value is -1.97. The molecule has 0 fully saturated rings. The lowest BCUT2D eigenvalue weighted by Gasteiger charge is -2.20. The van der Waals surface area contributed by atoms with Crippen molar-refractivity contribution in [2.24, 2.45) is 5.92 Å². The van der Waals surface area contributed by atoms with E-state index in [9.17, 15) is 9.18 Å². The van der Waals surface area contributed by atoms with Gasteiger partial charge in [-0.15, -0.1) is 0 Å². The van der Waals surface area contributed by atoms with E-state index in [0.717, 1.165) is 24.2 Å². The predicted molar refractivity (Wildman–Crippen MR) is 64.8 cm³/mol. The Bertz CT molecular complexity index is 574. The highest BCUT2D eigenvalue weighted by atomic mass is 19.1. The van der Waals surface area contributed by atoms with Crippen LogP contribution in [0.25, 0.3) is 0 Å². The molecule has 18 heavy (non-hydrogen) atoms. The lowest BCUT2D eigenvalue weighted by atomic mass is 9.84. The minimum absolute atomic E-state index is 0.0246. The van der Waals surface area contributed by atoms with Crippen LogP contribution in [-0.2, 0) is 12.8 Å². The van der Waals surface area contributed by atoms with Gasteiger partial charge in [0.25, 0.3) is 0 Å². The summed E-state index contributed by atoms with van der Waals surface area (Å²) in [5.74, 6) is -0.246. The Kier molecular flexibility index (Phi) is 2.70. The molecule has 0 aliphatic heterocycles. The van der Waals surface area contributed by atoms with Crippen molar-refractivity contribution in [2.45, 2.75) is 19.3 Å². The third-order valence-electron chi connectivity index (χ3n) is 3.49. The van der Waals surface area contributed by atoms with Crippen LogP contribution >= 0.6 is 0 Å². The van der Waals surface area contributed by atoms with Crippen molar-refractivity contribution in [1.29, 1.82) is 0 Å². The lowest BCUT2D eigenvalue weighted by Crippen LogP contribution is -2.22. The van der Waals surface area contributed by atoms with E-state index in [2.05, 4.69) is 9.97 Å². The number of hydrogen-bond donors (Lipinski definition) is 1. The molecule has 0 spiro atoms. The number of nitrogens with zero attached hydrogens (tertiary/aromatic N) is 1. The summed E-state index contributed by atoms with van der Waals surface area (Å²) >= 11 is 0. The quantitative estimate of drug-likeness (QED) is 0.825. The molecule has 1 heterocycles. The van der Waals surface area contributed by atoms with Crippen molar-refractivity contribution < 1.29 is 9.18 Å². The molecule has 1 N–H and O–H groups in total. The van der Waals surface area contributed by atoms with Crippen molar-refractivity contribution >= 4 is 5.78 Å². The highest BCUT2D eigenvalue weighted by molar-refractivity contribution is 5.98. The maximum atomic E-state index is 12.8. The molecule has 1 unspecified atom stereocenters. The van der Waals surface area contributed by atoms with Gasteiger partial charge in [-0.05, 0) is 43.5 Å². The highest BCUT2D eigenvalue weighted by Gasteiger charge is 2.26. The van der Waals surface area contributed by atoms with Gasteiger partial charge in [0, 0.05) is 17.2 Å². The number of H-pyrrole nitrogens is 1. The van der Waals surface area contributed by atoms with Crippen LogP contribution in [0.2, 0.25) is 0 Å². The van der Waals surface area contributed by atoms with Crippen LogP contribution in [0.4, 0.5) is 4.39 Å². The highest BCUT2D eigenvalue weighted by Crippen LogP contribution is 2.25. The number of aromatic nitrogens is 2. The smallest absolute Gasteiger partial charge is 0.166 e. The lowest BCUT2D eigenvalue weighted by molar-refractivity contribution is 0.0907. The number of Topliss-reactive ketones (excluding diaryl/α,β-unsaturated/α-hetero) is 1. The Morgan fingerprint density at radius 1 is 1.33 bits per heavy atom. The van der Waals surface area contributed by atoms with Crippen LogP contribution in [0.15, 0.2) is 30.6 Å². The number of carbonyl (C=O) groups excluding carboxylic acids is 1. The second-order valence-electron chi connectivity index (χ2n) is 4.64. The van der Waals surface area contributed by atoms with Gasteiger partial charge in [-0.1, -0.05) is 0 Å². The Balaban J connectivity index is 1.80. The number of nitrogens with one attached hydrogen (secondary N) is 1. The van der Waals surface area contributed by atoms with E-state index in [-0.39, 0.29) is 17.5 Å². The van der Waals surface area contributed by atoms with Crippen LogP contribution in [0.5, 0.6) is 0 Å². The largest absolute Gasteiger partial charge is 0.348 e. The number of hydrogen-bond acceptors (Lipinski definition) is 2. The van der Waals surface area contributed by atoms with E-state index >= 15 is 0 Å². The summed E-state index contributed by atoms with van der Waals surface area (Å²) in [7, 11) is 0. The summed E-state index contributed by atoms with van der Waals surface area (Å²) in [5.41, 5.74) is 2.71. The number of fused-ring (bicyclic) bond motifs is 1. The Morgan fingerprint density at radius 3 is 2.89 bits per heavy atom. The van der Waals surface area contributed by atoms with Gasteiger partial charge >= 0.3 is 0 Å². The summed E-state index contributed by atoms with van der Waals surface area (Å²) in [6.45, 7) is 0. The van der Waals surface area contributed by atoms with Crippen molar-refractivity contribution in [1.82, 2.24) is 9.97 Å². The van der Waals surface area contributed by atoms with E-state index in [0.29, 0.717) is 12.0 Å². The van der Waals surface area contributed by atoms with Gasteiger partial charge in [0.05, 0.1) is 12.0 Å². The van der Waals surface area contributed by atoms with Crippen LogP contribution in [-0.4, -0.2) is 15.8 Å². The number of aromatic amines is 1. The SMILES string of the molecule is O=C(c1ccc(F)cc1)C1CCc2nc[nH]c2C1. The monoisotopic (exact) mass is 244 g/mol. The zero-order valence-electron chi connectivity index (χ0n) is 9.82. The molecule has 0 bridgehead atoms. The van der Waals surface area contributed by atoms with Gasteiger partial charge in [0.2, 0.25) is 0 Å². The van der Waals surface area contributed by atoms with E-state index in [1.807, 2.05) is 0 Å². The van der Waals surface area contributed by atoms with Crippen molar-refractivity contribution in [3.63, 3.8) is 0 Å². The molecule has 1 atom stereocenters. The van der Waals surface area contributed by atoms with Gasteiger partial charge in [-0.25, -0.2) is 9.37 Å². The van der Waals surface area contributed by atoms with Crippen molar-refractivity contribution in [2.75, 3.05) is 0 Å². The summed E-state index contributed by atoms with van der Waals surface area (Å²) in [6, 6.07) is 5.77. The molecule has 0 saturated carbocycles. The molecule has 1 aliphatic carbocycles. The molecule has 2 aromatic rings. The van der Waals surface area contributed by atoms with Crippen molar-refractivity contribution in [3.8, 4) is 0 Å². The van der Waals surface area contributed by atoms with E-state index in [4.69, 9.17) is 0 Å². The first kappa shape index (κ1) is 11.1. The minimum atomic E-state index is -0.314. The molecule has 1 aromatic carbocycles. The predicted octanol–water partition coefficient (Wildman–Crippen LogP) is 2.54. The summed E-state index contributed by atoms with van der Waals surface area (Å²) < 4.78 is 12.8. The molecule has 3 nitrogen and oxygen atoms in total. The normalized spacial score (nSPS) is 18.4. The van der Waals surface area contributed by atoms with E-state index in [1.54, 1.807) is 18.5 Å². The second-order valence-corrected chi connectivity index (χ2v) is 4.64. The molecular weight excluding hydrogens is 231 g/mol. The van der Waals surface area contributed by atoms with Crippen LogP contribution < -0.4 is 0 Å². The summed E-state index contributed by atoms with van der Waals surface area (Å²) in [5, 5.41) is 0. The molecule has 1 aliphatic rings. The first-order valence-electron chi connectivity index (χ1n) is 6.05. The van der Waals surface area contributed by atoms with Gasteiger partial charge in [-0.3, -0.25) is 4.79 Å². The standard InChI is InChI=1S/C14H13FN2O/c15-11-4-1-9(2-5-11)14(18)10-3-6-12-13(7-10)17-8-16-12/h1-2,4-5,8,10H,3,6-7H2,(H,16,17). The molecule has 0 radical (unpaired) electrons. The maximum Gasteiger partial charge on any atom is 0.166 e. The average molecular weight is 244 g/mol. The minimum Gasteiger partial charge on any atom is -0.348 e. The molecule has 92 valence electrons. The zero-order chi connectivity index (χ0) is 12.5. The fraction of sp³-hybridized carbons (Fsp3) is 0.286. The van der Waals surface area contributed by atoms with Gasteiger partial charge in [0.1, 0.15) is 5.82 Å². The van der Waals surface area contributed by atoms with E-state index < -0.39 is 0 Å². The van der Waals surface area contributed by atoms with E-state index in [1.165, 1.54) is 12.1 Å². The number of halogens is 1. The summed E-state index contributed by atoms with van der Waals surface area (Å²) in [6.07, 6.45) is 4.02. The van der Waals surface area contributed by atoms with Crippen molar-refractivity contribution in [3.05, 3.63) is 53.4 Å². The van der Waals surface area contributed by atoms with Gasteiger partial charge < -0.3 is 4.98 Å². The number of ketones is 1. The second kappa shape index (κ2) is 4.37. The zero-order valence-corrected chi connectivity index (χ0v) is 9.82. The van der Waals surface area contributed by atoms with Gasteiger partial charge in [0.15, 0.2) is 5.78 Å². The number of carbonyl (C=O) groups is 1. The summed E-state index contributed by atoms with van der Waals surface area (Å²) in [4.78, 5) is 19.6. The molecule has 0 amide bonds. The molecule has 0 saturated heterocycles. The topological polar surface area (TPSA) is 45.8 Å². The number of aryl methyl sites for hydroxylation is 1. The van der Waals surface area contributed by atoms with Crippen LogP contribution in [0.1, 0.15) is 28.2 Å². The van der Waals surface area contributed by atoms with Crippen LogP contribution in [0.3, 0.4) is 0 Å². The third-order valence-corrected chi connectivity index (χ3v) is 3.49. The number of imidazole rings is 1. The first-order valence-corrected chi connectivity index (χ1v) is 6.05. The number of rotatable bonds is 2. The fourth-order valence-electron chi connectivity index (χ4n) is 2.47. The van der Waals surface area contributed by atoms with Crippen LogP contribution in [0, 0.1) is 11.7 Å². The van der Waals surface area contributed by atoms with Gasteiger partial charge in [-0.2, -0.15) is 0 Å². The Morgan fingerprint density at radius 2 is 2.11 bits per heavy atom. The molecule has 4 heteroatoms. The Labute approximate surface area is 104 Å². The first-order chi connectivity index (χ1) is 8.74. The number of benzene rings is 1. The average Bonchev–Trinajstić information content (AvgIpc) is 2.86. The third kappa shape index (κ3) is 1.94. The fourth-order valence-corrected chi connectivity index (χ4v) is 2.47. The molecular formula is C14H13FN2O. The molecule has 1 aromatic heterocycles.